The van der Waals surface area contributed by atoms with Gasteiger partial charge in [0.05, 0.1) is 23.4 Å². The normalized spacial score (nSPS) is 10.4. The topological polar surface area (TPSA) is 53.3 Å². The van der Waals surface area contributed by atoms with Gasteiger partial charge in [-0.3, -0.25) is 0 Å². The van der Waals surface area contributed by atoms with Gasteiger partial charge in [0, 0.05) is 17.0 Å². The molecule has 0 amide bonds. The lowest BCUT2D eigenvalue weighted by molar-refractivity contribution is -0.377. The first-order valence-electron chi connectivity index (χ1n) is 6.97. The first-order valence-corrected chi connectivity index (χ1v) is 7.85. The molecule has 0 radical (unpaired) electrons. The molecule has 2 aromatic heterocycles. The highest BCUT2D eigenvalue weighted by atomic mass is 32.1. The number of H-pyrrole nitrogens is 1. The minimum absolute atomic E-state index is 0.297. The fraction of sp³-hybridized carbons (Fsp3) is 0.118. The molecule has 22 heavy (non-hydrogen) atoms. The second-order valence-electron chi connectivity index (χ2n) is 4.63. The number of aromatic amines is 1. The van der Waals surface area contributed by atoms with E-state index in [1.807, 2.05) is 42.0 Å². The first-order chi connectivity index (χ1) is 10.8. The minimum Gasteiger partial charge on any atom is -0.462 e. The number of hydrogen-bond donors (Lipinski definition) is 0. The van der Waals surface area contributed by atoms with Crippen molar-refractivity contribution in [2.24, 2.45) is 0 Å². The van der Waals surface area contributed by atoms with Crippen molar-refractivity contribution in [2.75, 3.05) is 6.61 Å². The quantitative estimate of drug-likeness (QED) is 0.693. The lowest BCUT2D eigenvalue weighted by Crippen LogP contribution is -2.03. The van der Waals surface area contributed by atoms with Gasteiger partial charge in [0.15, 0.2) is 12.4 Å². The molecule has 5 heteroatoms. The molecule has 0 aliphatic heterocycles. The molecule has 0 fully saturated rings. The number of hydrogen-bond acceptors (Lipinski definition) is 4. The van der Waals surface area contributed by atoms with E-state index in [9.17, 15) is 4.79 Å². The van der Waals surface area contributed by atoms with Crippen LogP contribution in [0.1, 0.15) is 17.3 Å². The van der Waals surface area contributed by atoms with E-state index in [0.717, 1.165) is 21.8 Å². The first kappa shape index (κ1) is 14.4. The van der Waals surface area contributed by atoms with E-state index in [1.54, 1.807) is 30.4 Å². The lowest BCUT2D eigenvalue weighted by Gasteiger charge is -2.02. The van der Waals surface area contributed by atoms with E-state index in [-0.39, 0.29) is 5.97 Å². The van der Waals surface area contributed by atoms with Gasteiger partial charge in [0.1, 0.15) is 5.01 Å². The predicted molar refractivity (Wildman–Crippen MR) is 85.5 cm³/mol. The van der Waals surface area contributed by atoms with E-state index >= 15 is 0 Å². The minimum atomic E-state index is -0.297. The summed E-state index contributed by atoms with van der Waals surface area (Å²) in [5, 5.41) is 2.95. The molecule has 0 unspecified atom stereocenters. The monoisotopic (exact) mass is 311 g/mol. The van der Waals surface area contributed by atoms with Gasteiger partial charge < -0.3 is 4.74 Å². The van der Waals surface area contributed by atoms with Crippen LogP contribution in [0.2, 0.25) is 0 Å². The Morgan fingerprint density at radius 2 is 2.05 bits per heavy atom. The van der Waals surface area contributed by atoms with Crippen molar-refractivity contribution in [3.8, 4) is 21.8 Å². The zero-order valence-corrected chi connectivity index (χ0v) is 12.9. The van der Waals surface area contributed by atoms with Gasteiger partial charge in [0.2, 0.25) is 0 Å². The van der Waals surface area contributed by atoms with Crippen LogP contribution < -0.4 is 4.98 Å². The smallest absolute Gasteiger partial charge is 0.338 e. The third kappa shape index (κ3) is 3.04. The average molecular weight is 311 g/mol. The van der Waals surface area contributed by atoms with E-state index in [0.29, 0.717) is 12.2 Å². The highest BCUT2D eigenvalue weighted by Crippen LogP contribution is 2.28. The largest absolute Gasteiger partial charge is 0.462 e. The number of aromatic nitrogens is 2. The summed E-state index contributed by atoms with van der Waals surface area (Å²) in [4.78, 5) is 19.3. The van der Waals surface area contributed by atoms with Crippen LogP contribution >= 0.6 is 11.3 Å². The maximum atomic E-state index is 11.6. The summed E-state index contributed by atoms with van der Waals surface area (Å²) in [5.41, 5.74) is 3.53. The second kappa shape index (κ2) is 6.49. The van der Waals surface area contributed by atoms with Gasteiger partial charge in [0.25, 0.3) is 0 Å². The lowest BCUT2D eigenvalue weighted by atomic mass is 10.1. The highest BCUT2D eigenvalue weighted by Gasteiger charge is 2.10. The average Bonchev–Trinajstić information content (AvgIpc) is 3.06. The van der Waals surface area contributed by atoms with Crippen LogP contribution in [0, 0.1) is 0 Å². The zero-order valence-electron chi connectivity index (χ0n) is 12.1. The standard InChI is InChI=1S/C17H14N2O2S/c1-2-21-17(20)13-7-5-12(6-8-13)16-19-15(11-22-16)14-4-3-9-18-10-14/h3-11H,2H2,1H3/p+1. The summed E-state index contributed by atoms with van der Waals surface area (Å²) < 4.78 is 4.98. The summed E-state index contributed by atoms with van der Waals surface area (Å²) in [5.74, 6) is -0.297. The number of benzene rings is 1. The van der Waals surface area contributed by atoms with Crippen molar-refractivity contribution in [2.45, 2.75) is 6.92 Å². The van der Waals surface area contributed by atoms with Crippen LogP contribution in [-0.4, -0.2) is 17.6 Å². The third-order valence-corrected chi connectivity index (χ3v) is 4.04. The molecular formula is C17H15N2O2S+. The molecule has 2 heterocycles. The number of nitrogens with zero attached hydrogens (tertiary/aromatic N) is 1. The van der Waals surface area contributed by atoms with E-state index in [1.165, 1.54) is 0 Å². The van der Waals surface area contributed by atoms with Gasteiger partial charge in [-0.05, 0) is 25.1 Å². The molecule has 0 aliphatic carbocycles. The number of pyridine rings is 1. The molecule has 110 valence electrons. The molecule has 0 saturated heterocycles. The summed E-state index contributed by atoms with van der Waals surface area (Å²) in [6, 6.07) is 11.3. The second-order valence-corrected chi connectivity index (χ2v) is 5.49. The van der Waals surface area contributed by atoms with Crippen LogP contribution in [0.15, 0.2) is 54.2 Å². The van der Waals surface area contributed by atoms with Crippen LogP contribution in [-0.2, 0) is 4.74 Å². The van der Waals surface area contributed by atoms with E-state index < -0.39 is 0 Å². The molecule has 0 bridgehead atoms. The highest BCUT2D eigenvalue weighted by molar-refractivity contribution is 7.13. The molecule has 1 aromatic carbocycles. The number of carbonyl (C=O) groups is 1. The molecule has 3 rings (SSSR count). The molecule has 0 spiro atoms. The number of thiazole rings is 1. The fourth-order valence-corrected chi connectivity index (χ4v) is 2.89. The Morgan fingerprint density at radius 3 is 2.73 bits per heavy atom. The van der Waals surface area contributed by atoms with Crippen molar-refractivity contribution < 1.29 is 14.5 Å². The molecule has 0 atom stereocenters. The molecule has 0 aliphatic rings. The summed E-state index contributed by atoms with van der Waals surface area (Å²) in [6.45, 7) is 2.18. The summed E-state index contributed by atoms with van der Waals surface area (Å²) in [6.07, 6.45) is 3.79. The Balaban J connectivity index is 1.83. The zero-order chi connectivity index (χ0) is 15.4. The van der Waals surface area contributed by atoms with Gasteiger partial charge in [-0.15, -0.1) is 11.3 Å². The van der Waals surface area contributed by atoms with Crippen LogP contribution in [0.4, 0.5) is 0 Å². The Kier molecular flexibility index (Phi) is 4.25. The SMILES string of the molecule is CCOC(=O)c1ccc(-c2nc(-c3ccc[nH+]c3)cs2)cc1. The Hall–Kier alpha value is -2.53. The van der Waals surface area contributed by atoms with E-state index in [4.69, 9.17) is 4.74 Å². The maximum Gasteiger partial charge on any atom is 0.338 e. The molecular weight excluding hydrogens is 296 g/mol. The third-order valence-electron chi connectivity index (χ3n) is 3.15. The van der Waals surface area contributed by atoms with Gasteiger partial charge in [-0.25, -0.2) is 14.8 Å². The number of carbonyl (C=O) groups excluding carboxylic acids is 1. The molecule has 0 saturated carbocycles. The summed E-state index contributed by atoms with van der Waals surface area (Å²) >= 11 is 1.58. The van der Waals surface area contributed by atoms with Gasteiger partial charge in [-0.2, -0.15) is 0 Å². The number of rotatable bonds is 4. The van der Waals surface area contributed by atoms with E-state index in [2.05, 4.69) is 9.97 Å². The van der Waals surface area contributed by atoms with Crippen LogP contribution in [0.5, 0.6) is 0 Å². The number of ether oxygens (including phenoxy) is 1. The maximum absolute atomic E-state index is 11.6. The Labute approximate surface area is 132 Å². The fourth-order valence-electron chi connectivity index (χ4n) is 2.05. The van der Waals surface area contributed by atoms with Crippen molar-refractivity contribution in [1.82, 2.24) is 4.98 Å². The Bertz CT molecular complexity index is 767. The van der Waals surface area contributed by atoms with Crippen LogP contribution in [0.25, 0.3) is 21.8 Å². The number of nitrogens with one attached hydrogen (secondary N) is 1. The van der Waals surface area contributed by atoms with Crippen molar-refractivity contribution in [3.63, 3.8) is 0 Å². The van der Waals surface area contributed by atoms with Crippen molar-refractivity contribution in [3.05, 3.63) is 59.7 Å². The molecule has 4 nitrogen and oxygen atoms in total. The molecule has 3 aromatic rings. The van der Waals surface area contributed by atoms with Crippen molar-refractivity contribution in [1.29, 1.82) is 0 Å². The summed E-state index contributed by atoms with van der Waals surface area (Å²) in [7, 11) is 0. The molecule has 1 N–H and O–H groups in total. The predicted octanol–water partition coefficient (Wildman–Crippen LogP) is 3.47. The van der Waals surface area contributed by atoms with Crippen molar-refractivity contribution >= 4 is 17.3 Å². The van der Waals surface area contributed by atoms with Gasteiger partial charge >= 0.3 is 5.97 Å². The Morgan fingerprint density at radius 1 is 1.23 bits per heavy atom. The number of esters is 1. The van der Waals surface area contributed by atoms with Crippen LogP contribution in [0.3, 0.4) is 0 Å². The van der Waals surface area contributed by atoms with Gasteiger partial charge in [-0.1, -0.05) is 12.1 Å².